The number of rotatable bonds is 8. The number of piperidine rings is 1. The molecule has 3 aromatic rings. The molecule has 1 saturated carbocycles. The number of anilines is 2. The zero-order valence-corrected chi connectivity index (χ0v) is 24.1. The number of hydrogen-bond acceptors (Lipinski definition) is 6. The van der Waals surface area contributed by atoms with E-state index >= 15 is 0 Å². The van der Waals surface area contributed by atoms with Gasteiger partial charge < -0.3 is 19.7 Å². The molecule has 3 fully saturated rings. The van der Waals surface area contributed by atoms with Gasteiger partial charge >= 0.3 is 5.97 Å². The number of carbonyl (C=O) groups is 1. The number of halogens is 2. The van der Waals surface area contributed by atoms with E-state index < -0.39 is 5.97 Å². The largest absolute Gasteiger partial charge is 0.481 e. The number of carboxylic acid groups (broad SMARTS) is 1. The first kappa shape index (κ1) is 26.7. The highest BCUT2D eigenvalue weighted by Crippen LogP contribution is 2.45. The number of likely N-dealkylation sites (tertiary alicyclic amines) is 1. The van der Waals surface area contributed by atoms with Gasteiger partial charge in [0.2, 0.25) is 0 Å². The minimum atomic E-state index is -0.669. The van der Waals surface area contributed by atoms with Gasteiger partial charge in [-0.15, -0.1) is 0 Å². The molecule has 0 bridgehead atoms. The van der Waals surface area contributed by atoms with Crippen molar-refractivity contribution in [3.05, 3.63) is 51.5 Å². The van der Waals surface area contributed by atoms with Gasteiger partial charge in [-0.05, 0) is 93.7 Å². The molecule has 6 rings (SSSR count). The van der Waals surface area contributed by atoms with Crippen LogP contribution in [-0.2, 0) is 4.79 Å². The summed E-state index contributed by atoms with van der Waals surface area (Å²) in [6.45, 7) is 8.03. The molecule has 1 aliphatic carbocycles. The lowest BCUT2D eigenvalue weighted by molar-refractivity contribution is -0.144. The van der Waals surface area contributed by atoms with Crippen molar-refractivity contribution in [1.82, 2.24) is 9.88 Å². The summed E-state index contributed by atoms with van der Waals surface area (Å²) in [5.74, 6) is 0.503. The van der Waals surface area contributed by atoms with Crippen LogP contribution in [0.25, 0.3) is 11.1 Å². The normalized spacial score (nSPS) is 22.4. The van der Waals surface area contributed by atoms with Gasteiger partial charge in [0, 0.05) is 35.2 Å². The Morgan fingerprint density at radius 2 is 1.97 bits per heavy atom. The highest BCUT2D eigenvalue weighted by molar-refractivity contribution is 6.35. The lowest BCUT2D eigenvalue weighted by Crippen LogP contribution is -2.60. The average molecular weight is 572 g/mol. The number of fused-ring (bicyclic) bond motifs is 1. The van der Waals surface area contributed by atoms with Crippen LogP contribution in [0, 0.1) is 18.8 Å². The third-order valence-corrected chi connectivity index (χ3v) is 9.85. The van der Waals surface area contributed by atoms with Crippen LogP contribution in [0.3, 0.4) is 0 Å². The van der Waals surface area contributed by atoms with Crippen molar-refractivity contribution >= 4 is 52.0 Å². The van der Waals surface area contributed by atoms with Crippen molar-refractivity contribution in [2.24, 2.45) is 11.8 Å². The number of hydrogen-bond donors (Lipinski definition) is 2. The van der Waals surface area contributed by atoms with Crippen LogP contribution in [0.2, 0.25) is 10.0 Å². The van der Waals surface area contributed by atoms with E-state index in [1.165, 1.54) is 6.42 Å². The van der Waals surface area contributed by atoms with E-state index in [0.717, 1.165) is 79.8 Å². The fourth-order valence-corrected chi connectivity index (χ4v) is 7.38. The Kier molecular flexibility index (Phi) is 7.19. The van der Waals surface area contributed by atoms with Gasteiger partial charge in [0.25, 0.3) is 6.01 Å². The number of aryl methyl sites for hydroxylation is 1. The highest BCUT2D eigenvalue weighted by atomic mass is 35.5. The zero-order chi connectivity index (χ0) is 27.3. The first-order valence-corrected chi connectivity index (χ1v) is 14.8. The number of nitrogens with zero attached hydrogens (tertiary/aromatic N) is 3. The highest BCUT2D eigenvalue weighted by Gasteiger charge is 2.47. The molecular formula is C30H36Cl2N4O3. The fraction of sp³-hybridized carbons (Fsp3) is 0.533. The standard InChI is InChI=1S/C30H36Cl2N4O3/c1-18-6-9-25-28(27(18)33-19(2)23-8-7-22(31)13-24(23)32)39-29(34-25)35-15-21(16-35)20-5-3-12-36(17-20)30(10-4-11-30)14-26(37)38/h6-9,13,19-21,33H,3-5,10-12,14-17H2,1-2H3,(H,37,38)/t19-,20+/m1/s1. The van der Waals surface area contributed by atoms with Crippen LogP contribution in [0.1, 0.15) is 62.6 Å². The summed E-state index contributed by atoms with van der Waals surface area (Å²) in [6, 6.07) is 10.3. The van der Waals surface area contributed by atoms with Crippen LogP contribution in [0.5, 0.6) is 0 Å². The second kappa shape index (κ2) is 10.5. The molecule has 3 heterocycles. The third-order valence-electron chi connectivity index (χ3n) is 9.28. The Morgan fingerprint density at radius 1 is 1.18 bits per heavy atom. The number of carboxylic acids is 1. The zero-order valence-electron chi connectivity index (χ0n) is 22.6. The quantitative estimate of drug-likeness (QED) is 0.297. The molecule has 2 atom stereocenters. The summed E-state index contributed by atoms with van der Waals surface area (Å²) >= 11 is 12.6. The second-order valence-corrected chi connectivity index (χ2v) is 12.6. The van der Waals surface area contributed by atoms with Crippen molar-refractivity contribution in [2.75, 3.05) is 36.4 Å². The molecule has 0 radical (unpaired) electrons. The van der Waals surface area contributed by atoms with E-state index in [4.69, 9.17) is 32.6 Å². The van der Waals surface area contributed by atoms with Crippen molar-refractivity contribution in [3.63, 3.8) is 0 Å². The molecule has 1 aromatic heterocycles. The van der Waals surface area contributed by atoms with E-state index in [0.29, 0.717) is 27.9 Å². The smallest absolute Gasteiger partial charge is 0.305 e. The Labute approximate surface area is 239 Å². The molecule has 3 aliphatic rings. The molecule has 2 aromatic carbocycles. The average Bonchev–Trinajstić information content (AvgIpc) is 3.26. The Hall–Kier alpha value is -2.48. The monoisotopic (exact) mass is 570 g/mol. The molecule has 2 N–H and O–H groups in total. The molecule has 0 amide bonds. The topological polar surface area (TPSA) is 81.8 Å². The van der Waals surface area contributed by atoms with Crippen molar-refractivity contribution in [3.8, 4) is 0 Å². The van der Waals surface area contributed by atoms with Crippen molar-refractivity contribution in [1.29, 1.82) is 0 Å². The maximum absolute atomic E-state index is 11.5. The van der Waals surface area contributed by atoms with Gasteiger partial charge in [0.05, 0.1) is 18.2 Å². The summed E-state index contributed by atoms with van der Waals surface area (Å²) in [6.07, 6.45) is 5.82. The summed E-state index contributed by atoms with van der Waals surface area (Å²) in [4.78, 5) is 21.1. The number of aliphatic carboxylic acids is 1. The van der Waals surface area contributed by atoms with Crippen LogP contribution in [0.4, 0.5) is 11.7 Å². The van der Waals surface area contributed by atoms with Gasteiger partial charge in [-0.25, -0.2) is 0 Å². The van der Waals surface area contributed by atoms with E-state index in [2.05, 4.69) is 35.0 Å². The first-order valence-electron chi connectivity index (χ1n) is 14.1. The second-order valence-electron chi connectivity index (χ2n) is 11.8. The lowest BCUT2D eigenvalue weighted by atomic mass is 9.70. The maximum Gasteiger partial charge on any atom is 0.305 e. The molecule has 0 spiro atoms. The Balaban J connectivity index is 1.14. The van der Waals surface area contributed by atoms with Crippen LogP contribution < -0.4 is 10.2 Å². The summed E-state index contributed by atoms with van der Waals surface area (Å²) in [5, 5.41) is 14.3. The molecule has 39 heavy (non-hydrogen) atoms. The third kappa shape index (κ3) is 5.09. The fourth-order valence-electron chi connectivity index (χ4n) is 6.80. The minimum Gasteiger partial charge on any atom is -0.481 e. The predicted molar refractivity (Wildman–Crippen MR) is 156 cm³/mol. The Morgan fingerprint density at radius 3 is 2.67 bits per heavy atom. The molecular weight excluding hydrogens is 535 g/mol. The van der Waals surface area contributed by atoms with E-state index in [9.17, 15) is 9.90 Å². The Bertz CT molecular complexity index is 1380. The van der Waals surface area contributed by atoms with Crippen LogP contribution in [-0.4, -0.2) is 52.7 Å². The molecule has 9 heteroatoms. The number of aromatic nitrogens is 1. The molecule has 2 saturated heterocycles. The molecule has 7 nitrogen and oxygen atoms in total. The van der Waals surface area contributed by atoms with Gasteiger partial charge in [-0.1, -0.05) is 35.3 Å². The predicted octanol–water partition coefficient (Wildman–Crippen LogP) is 7.16. The van der Waals surface area contributed by atoms with Crippen molar-refractivity contribution in [2.45, 2.75) is 64.0 Å². The van der Waals surface area contributed by atoms with Gasteiger partial charge in [0.15, 0.2) is 5.58 Å². The van der Waals surface area contributed by atoms with Gasteiger partial charge in [-0.3, -0.25) is 9.69 Å². The lowest BCUT2D eigenvalue weighted by Gasteiger charge is -2.54. The van der Waals surface area contributed by atoms with E-state index in [1.807, 2.05) is 18.2 Å². The van der Waals surface area contributed by atoms with Crippen LogP contribution in [0.15, 0.2) is 34.7 Å². The van der Waals surface area contributed by atoms with Crippen molar-refractivity contribution < 1.29 is 14.3 Å². The van der Waals surface area contributed by atoms with E-state index in [1.54, 1.807) is 6.07 Å². The summed E-state index contributed by atoms with van der Waals surface area (Å²) in [5.41, 5.74) is 4.46. The number of benzene rings is 2. The molecule has 0 unspecified atom stereocenters. The summed E-state index contributed by atoms with van der Waals surface area (Å²) < 4.78 is 6.37. The first-order chi connectivity index (χ1) is 18.7. The van der Waals surface area contributed by atoms with Crippen LogP contribution >= 0.6 is 23.2 Å². The minimum absolute atomic E-state index is 0.0460. The SMILES string of the molecule is Cc1ccc2nc(N3CC([C@H]4CCCN(C5(CC(=O)O)CCC5)C4)C3)oc2c1N[C@H](C)c1ccc(Cl)cc1Cl. The van der Waals surface area contributed by atoms with E-state index in [-0.39, 0.29) is 18.0 Å². The summed E-state index contributed by atoms with van der Waals surface area (Å²) in [7, 11) is 0. The van der Waals surface area contributed by atoms with Gasteiger partial charge in [-0.2, -0.15) is 4.98 Å². The van der Waals surface area contributed by atoms with Gasteiger partial charge in [0.1, 0.15) is 5.52 Å². The number of nitrogens with one attached hydrogen (secondary N) is 1. The number of oxazole rings is 1. The molecule has 208 valence electrons. The molecule has 2 aliphatic heterocycles. The maximum atomic E-state index is 11.5.